The van der Waals surface area contributed by atoms with E-state index in [9.17, 15) is 13.2 Å². The minimum absolute atomic E-state index is 0. The third kappa shape index (κ3) is 10.9. The topological polar surface area (TPSA) is 103 Å². The standard InChI is InChI=1S/C15H31N5O3S.HI/c1-4-17-15(18-8-5-9-19-24(3,22)23)20-10-6-13(7-11-20)12-14(21)16-2;/h13,19H,4-12H2,1-3H3,(H,16,21)(H,17,18);1H. The second-order valence-electron chi connectivity index (χ2n) is 6.06. The number of carbonyl (C=O) groups excluding carboxylic acids is 1. The fourth-order valence-electron chi connectivity index (χ4n) is 2.66. The summed E-state index contributed by atoms with van der Waals surface area (Å²) in [6, 6.07) is 0. The highest BCUT2D eigenvalue weighted by Gasteiger charge is 2.22. The van der Waals surface area contributed by atoms with Crippen LogP contribution in [0.5, 0.6) is 0 Å². The Kier molecular flexibility index (Phi) is 12.4. The molecule has 0 aromatic rings. The number of amides is 1. The van der Waals surface area contributed by atoms with Crippen molar-refractivity contribution < 1.29 is 13.2 Å². The Labute approximate surface area is 168 Å². The Morgan fingerprint density at radius 1 is 1.28 bits per heavy atom. The molecule has 1 fully saturated rings. The molecule has 1 rings (SSSR count). The van der Waals surface area contributed by atoms with Crippen LogP contribution in [0.1, 0.15) is 32.6 Å². The lowest BCUT2D eigenvalue weighted by Crippen LogP contribution is -2.46. The first-order valence-electron chi connectivity index (χ1n) is 8.54. The first kappa shape index (κ1) is 24.4. The fraction of sp³-hybridized carbons (Fsp3) is 0.867. The molecule has 0 aliphatic carbocycles. The van der Waals surface area contributed by atoms with Crippen LogP contribution >= 0.6 is 24.0 Å². The highest BCUT2D eigenvalue weighted by molar-refractivity contribution is 14.0. The fourth-order valence-corrected chi connectivity index (χ4v) is 3.18. The molecule has 3 N–H and O–H groups in total. The lowest BCUT2D eigenvalue weighted by atomic mass is 9.93. The zero-order valence-corrected chi connectivity index (χ0v) is 18.5. The number of rotatable bonds is 8. The van der Waals surface area contributed by atoms with Gasteiger partial charge in [-0.3, -0.25) is 9.79 Å². The number of sulfonamides is 1. The maximum atomic E-state index is 11.5. The molecule has 1 heterocycles. The Morgan fingerprint density at radius 3 is 2.44 bits per heavy atom. The second-order valence-corrected chi connectivity index (χ2v) is 7.90. The largest absolute Gasteiger partial charge is 0.359 e. The van der Waals surface area contributed by atoms with E-state index < -0.39 is 10.0 Å². The highest BCUT2D eigenvalue weighted by Crippen LogP contribution is 2.20. The molecule has 1 saturated heterocycles. The van der Waals surface area contributed by atoms with Crippen molar-refractivity contribution in [2.75, 3.05) is 46.0 Å². The van der Waals surface area contributed by atoms with Crippen LogP contribution in [0.4, 0.5) is 0 Å². The number of guanidine groups is 1. The van der Waals surface area contributed by atoms with Gasteiger partial charge in [0.25, 0.3) is 0 Å². The Morgan fingerprint density at radius 2 is 1.92 bits per heavy atom. The molecular formula is C15H32IN5O3S. The lowest BCUT2D eigenvalue weighted by Gasteiger charge is -2.34. The molecule has 0 spiro atoms. The van der Waals surface area contributed by atoms with Crippen LogP contribution in [0.3, 0.4) is 0 Å². The van der Waals surface area contributed by atoms with Crippen molar-refractivity contribution in [3.05, 3.63) is 0 Å². The number of nitrogens with one attached hydrogen (secondary N) is 3. The predicted octanol–water partition coefficient (Wildman–Crippen LogP) is 0.357. The van der Waals surface area contributed by atoms with Gasteiger partial charge in [0.1, 0.15) is 0 Å². The number of nitrogens with zero attached hydrogens (tertiary/aromatic N) is 2. The van der Waals surface area contributed by atoms with Gasteiger partial charge in [-0.1, -0.05) is 0 Å². The molecule has 0 radical (unpaired) electrons. The molecule has 0 unspecified atom stereocenters. The first-order valence-corrected chi connectivity index (χ1v) is 10.4. The van der Waals surface area contributed by atoms with Crippen LogP contribution < -0.4 is 15.4 Å². The normalized spacial score (nSPS) is 16.3. The van der Waals surface area contributed by atoms with Crippen molar-refractivity contribution >= 4 is 45.9 Å². The quantitative estimate of drug-likeness (QED) is 0.198. The van der Waals surface area contributed by atoms with Gasteiger partial charge in [-0.05, 0) is 32.1 Å². The van der Waals surface area contributed by atoms with Crippen LogP contribution in [0.2, 0.25) is 0 Å². The van der Waals surface area contributed by atoms with E-state index in [0.29, 0.717) is 31.8 Å². The molecule has 10 heteroatoms. The summed E-state index contributed by atoms with van der Waals surface area (Å²) >= 11 is 0. The molecule has 8 nitrogen and oxygen atoms in total. The summed E-state index contributed by atoms with van der Waals surface area (Å²) in [5, 5.41) is 5.96. The van der Waals surface area contributed by atoms with Gasteiger partial charge < -0.3 is 15.5 Å². The van der Waals surface area contributed by atoms with Gasteiger partial charge in [0.05, 0.1) is 6.26 Å². The molecule has 1 aliphatic rings. The molecule has 0 atom stereocenters. The maximum Gasteiger partial charge on any atom is 0.220 e. The monoisotopic (exact) mass is 489 g/mol. The molecule has 0 bridgehead atoms. The van der Waals surface area contributed by atoms with E-state index in [0.717, 1.165) is 44.7 Å². The summed E-state index contributed by atoms with van der Waals surface area (Å²) in [7, 11) is -1.46. The van der Waals surface area contributed by atoms with Crippen LogP contribution in [-0.4, -0.2) is 71.2 Å². The van der Waals surface area contributed by atoms with Crippen molar-refractivity contribution in [2.24, 2.45) is 10.9 Å². The zero-order chi connectivity index (χ0) is 18.0. The molecule has 0 aromatic carbocycles. The maximum absolute atomic E-state index is 11.5. The summed E-state index contributed by atoms with van der Waals surface area (Å²) in [6.07, 6.45) is 4.37. The van der Waals surface area contributed by atoms with Gasteiger partial charge in [-0.15, -0.1) is 24.0 Å². The lowest BCUT2D eigenvalue weighted by molar-refractivity contribution is -0.121. The van der Waals surface area contributed by atoms with Gasteiger partial charge in [-0.25, -0.2) is 13.1 Å². The summed E-state index contributed by atoms with van der Waals surface area (Å²) in [4.78, 5) is 18.3. The Bertz CT molecular complexity index is 519. The van der Waals surface area contributed by atoms with Crippen LogP contribution in [0.25, 0.3) is 0 Å². The number of carbonyl (C=O) groups is 1. The number of halogens is 1. The van der Waals surface area contributed by atoms with Crippen molar-refractivity contribution in [3.63, 3.8) is 0 Å². The molecule has 0 aromatic heterocycles. The Balaban J connectivity index is 0.00000576. The molecule has 1 aliphatic heterocycles. The number of hydrogen-bond donors (Lipinski definition) is 3. The van der Waals surface area contributed by atoms with Gasteiger partial charge >= 0.3 is 0 Å². The molecule has 0 saturated carbocycles. The van der Waals surface area contributed by atoms with E-state index in [1.54, 1.807) is 7.05 Å². The smallest absolute Gasteiger partial charge is 0.220 e. The van der Waals surface area contributed by atoms with E-state index >= 15 is 0 Å². The van der Waals surface area contributed by atoms with Crippen LogP contribution in [0.15, 0.2) is 4.99 Å². The second kappa shape index (κ2) is 12.7. The first-order chi connectivity index (χ1) is 11.4. The predicted molar refractivity (Wildman–Crippen MR) is 112 cm³/mol. The third-order valence-corrected chi connectivity index (χ3v) is 4.69. The van der Waals surface area contributed by atoms with Crippen molar-refractivity contribution in [1.29, 1.82) is 0 Å². The van der Waals surface area contributed by atoms with E-state index in [-0.39, 0.29) is 29.9 Å². The van der Waals surface area contributed by atoms with Gasteiger partial charge in [-0.2, -0.15) is 0 Å². The van der Waals surface area contributed by atoms with Gasteiger partial charge in [0, 0.05) is 46.2 Å². The Hall–Kier alpha value is -0.620. The van der Waals surface area contributed by atoms with Crippen molar-refractivity contribution in [1.82, 2.24) is 20.3 Å². The minimum Gasteiger partial charge on any atom is -0.359 e. The summed E-state index contributed by atoms with van der Waals surface area (Å²) < 4.78 is 24.5. The van der Waals surface area contributed by atoms with Crippen LogP contribution in [0, 0.1) is 5.92 Å². The highest BCUT2D eigenvalue weighted by atomic mass is 127. The zero-order valence-electron chi connectivity index (χ0n) is 15.4. The van der Waals surface area contributed by atoms with E-state index in [2.05, 4.69) is 25.2 Å². The molecular weight excluding hydrogens is 457 g/mol. The molecule has 148 valence electrons. The number of likely N-dealkylation sites (tertiary alicyclic amines) is 1. The summed E-state index contributed by atoms with van der Waals surface area (Å²) in [5.74, 6) is 1.41. The van der Waals surface area contributed by atoms with E-state index in [4.69, 9.17) is 0 Å². The molecule has 1 amide bonds. The summed E-state index contributed by atoms with van der Waals surface area (Å²) in [6.45, 7) is 5.56. The number of aliphatic imine (C=N–C) groups is 1. The number of hydrogen-bond acceptors (Lipinski definition) is 4. The summed E-state index contributed by atoms with van der Waals surface area (Å²) in [5.41, 5.74) is 0. The van der Waals surface area contributed by atoms with Gasteiger partial charge in [0.2, 0.25) is 15.9 Å². The number of piperidine rings is 1. The average molecular weight is 489 g/mol. The van der Waals surface area contributed by atoms with Gasteiger partial charge in [0.15, 0.2) is 5.96 Å². The van der Waals surface area contributed by atoms with Crippen molar-refractivity contribution in [2.45, 2.75) is 32.6 Å². The van der Waals surface area contributed by atoms with Crippen molar-refractivity contribution in [3.8, 4) is 0 Å². The third-order valence-electron chi connectivity index (χ3n) is 3.96. The molecule has 25 heavy (non-hydrogen) atoms. The SMILES string of the molecule is CCNC(=NCCCNS(C)(=O)=O)N1CCC(CC(=O)NC)CC1.I. The van der Waals surface area contributed by atoms with Crippen LogP contribution in [-0.2, 0) is 14.8 Å². The average Bonchev–Trinajstić information content (AvgIpc) is 2.53. The van der Waals surface area contributed by atoms with E-state index in [1.165, 1.54) is 0 Å². The van der Waals surface area contributed by atoms with E-state index in [1.807, 2.05) is 6.92 Å². The minimum atomic E-state index is -3.13.